The maximum Gasteiger partial charge on any atom is 0.335 e. The number of likely N-dealkylation sites (N-methyl/N-ethyl adjacent to an activating group) is 1. The van der Waals surface area contributed by atoms with E-state index in [1.54, 1.807) is 19.9 Å². The Bertz CT molecular complexity index is 1040. The Balaban J connectivity index is 2.02. The molecule has 0 saturated carbocycles. The summed E-state index contributed by atoms with van der Waals surface area (Å²) < 4.78 is 29.2. The summed E-state index contributed by atoms with van der Waals surface area (Å²) in [6.07, 6.45) is 0. The van der Waals surface area contributed by atoms with Gasteiger partial charge in [0.15, 0.2) is 0 Å². The Morgan fingerprint density at radius 3 is 2.17 bits per heavy atom. The fourth-order valence-corrected chi connectivity index (χ4v) is 5.64. The first-order chi connectivity index (χ1) is 14.1. The first kappa shape index (κ1) is 22.1. The molecular formula is C22H29N3O4S. The zero-order chi connectivity index (χ0) is 22.1. The van der Waals surface area contributed by atoms with Gasteiger partial charge in [0.2, 0.25) is 0 Å². The molecule has 0 spiro atoms. The molecule has 2 aromatic rings. The second-order valence-corrected chi connectivity index (χ2v) is 9.41. The molecule has 1 aliphatic heterocycles. The van der Waals surface area contributed by atoms with Crippen molar-refractivity contribution in [2.75, 3.05) is 42.3 Å². The summed E-state index contributed by atoms with van der Waals surface area (Å²) in [6, 6.07) is 8.28. The number of hydrogen-bond donors (Lipinski definition) is 2. The highest BCUT2D eigenvalue weighted by molar-refractivity contribution is 7.92. The minimum Gasteiger partial charge on any atom is -0.478 e. The van der Waals surface area contributed by atoms with Crippen LogP contribution in [-0.2, 0) is 10.0 Å². The molecule has 162 valence electrons. The average molecular weight is 432 g/mol. The Hall–Kier alpha value is -2.58. The van der Waals surface area contributed by atoms with Gasteiger partial charge >= 0.3 is 5.97 Å². The molecule has 8 heteroatoms. The summed E-state index contributed by atoms with van der Waals surface area (Å²) in [7, 11) is -3.89. The van der Waals surface area contributed by atoms with Crippen LogP contribution in [-0.4, -0.2) is 57.1 Å². The fourth-order valence-electron chi connectivity index (χ4n) is 4.12. The van der Waals surface area contributed by atoms with Crippen LogP contribution >= 0.6 is 0 Å². The number of carboxylic acid groups (broad SMARTS) is 1. The van der Waals surface area contributed by atoms with E-state index in [0.29, 0.717) is 22.5 Å². The summed E-state index contributed by atoms with van der Waals surface area (Å²) in [5.41, 5.74) is 3.34. The topological polar surface area (TPSA) is 89.9 Å². The molecule has 0 unspecified atom stereocenters. The average Bonchev–Trinajstić information content (AvgIpc) is 2.66. The van der Waals surface area contributed by atoms with Crippen LogP contribution in [0.3, 0.4) is 0 Å². The van der Waals surface area contributed by atoms with E-state index in [1.165, 1.54) is 12.1 Å². The van der Waals surface area contributed by atoms with Crippen molar-refractivity contribution in [1.82, 2.24) is 4.90 Å². The number of nitrogens with one attached hydrogen (secondary N) is 1. The number of benzene rings is 2. The molecule has 0 radical (unpaired) electrons. The highest BCUT2D eigenvalue weighted by Gasteiger charge is 2.25. The zero-order valence-electron chi connectivity index (χ0n) is 17.9. The van der Waals surface area contributed by atoms with Crippen LogP contribution in [0.2, 0.25) is 0 Å². The number of sulfonamides is 1. The molecule has 0 aromatic heterocycles. The summed E-state index contributed by atoms with van der Waals surface area (Å²) in [4.78, 5) is 16.2. The first-order valence-electron chi connectivity index (χ1n) is 10.1. The number of anilines is 2. The normalized spacial score (nSPS) is 15.3. The quantitative estimate of drug-likeness (QED) is 0.730. The maximum absolute atomic E-state index is 13.3. The molecule has 2 N–H and O–H groups in total. The van der Waals surface area contributed by atoms with Crippen LogP contribution < -0.4 is 9.62 Å². The molecule has 1 heterocycles. The van der Waals surface area contributed by atoms with Gasteiger partial charge in [0.1, 0.15) is 0 Å². The monoisotopic (exact) mass is 431 g/mol. The zero-order valence-corrected chi connectivity index (χ0v) is 18.7. The van der Waals surface area contributed by atoms with E-state index in [0.717, 1.165) is 38.3 Å². The van der Waals surface area contributed by atoms with E-state index in [4.69, 9.17) is 0 Å². The second kappa shape index (κ2) is 8.65. The Kier molecular flexibility index (Phi) is 6.38. The van der Waals surface area contributed by atoms with Crippen LogP contribution in [0.1, 0.15) is 34.0 Å². The number of rotatable bonds is 6. The van der Waals surface area contributed by atoms with Crippen molar-refractivity contribution < 1.29 is 18.3 Å². The summed E-state index contributed by atoms with van der Waals surface area (Å²) in [5.74, 6) is -1.10. The molecule has 1 aliphatic rings. The third-order valence-electron chi connectivity index (χ3n) is 5.52. The molecule has 30 heavy (non-hydrogen) atoms. The van der Waals surface area contributed by atoms with Crippen LogP contribution in [0.4, 0.5) is 11.4 Å². The van der Waals surface area contributed by atoms with Crippen molar-refractivity contribution in [2.24, 2.45) is 0 Å². The number of aromatic carboxylic acids is 1. The largest absolute Gasteiger partial charge is 0.478 e. The number of hydrogen-bond acceptors (Lipinski definition) is 5. The van der Waals surface area contributed by atoms with Gasteiger partial charge in [0.25, 0.3) is 10.0 Å². The minimum absolute atomic E-state index is 0.0426. The van der Waals surface area contributed by atoms with Gasteiger partial charge in [-0.15, -0.1) is 0 Å². The van der Waals surface area contributed by atoms with E-state index in [-0.39, 0.29) is 10.5 Å². The summed E-state index contributed by atoms with van der Waals surface area (Å²) >= 11 is 0. The van der Waals surface area contributed by atoms with Crippen LogP contribution in [0, 0.1) is 20.8 Å². The molecule has 1 fully saturated rings. The van der Waals surface area contributed by atoms with Gasteiger partial charge < -0.3 is 14.9 Å². The predicted molar refractivity (Wildman–Crippen MR) is 119 cm³/mol. The number of carboxylic acids is 1. The fraction of sp³-hybridized carbons (Fsp3) is 0.409. The van der Waals surface area contributed by atoms with Gasteiger partial charge in [-0.3, -0.25) is 4.72 Å². The molecule has 0 aliphatic carbocycles. The summed E-state index contributed by atoms with van der Waals surface area (Å²) in [6.45, 7) is 11.8. The summed E-state index contributed by atoms with van der Waals surface area (Å²) in [5, 5.41) is 9.41. The van der Waals surface area contributed by atoms with E-state index >= 15 is 0 Å². The Labute approximate surface area is 178 Å². The van der Waals surface area contributed by atoms with Crippen LogP contribution in [0.5, 0.6) is 0 Å². The molecule has 2 aromatic carbocycles. The van der Waals surface area contributed by atoms with Crippen molar-refractivity contribution in [2.45, 2.75) is 32.6 Å². The Morgan fingerprint density at radius 1 is 1.03 bits per heavy atom. The molecule has 3 rings (SSSR count). The highest BCUT2D eigenvalue weighted by Crippen LogP contribution is 2.32. The molecule has 7 nitrogen and oxygen atoms in total. The molecular weight excluding hydrogens is 402 g/mol. The third kappa shape index (κ3) is 4.60. The second-order valence-electron chi connectivity index (χ2n) is 7.79. The van der Waals surface area contributed by atoms with E-state index in [1.807, 2.05) is 19.1 Å². The van der Waals surface area contributed by atoms with Gasteiger partial charge in [-0.05, 0) is 56.6 Å². The van der Waals surface area contributed by atoms with Crippen molar-refractivity contribution in [3.8, 4) is 0 Å². The minimum atomic E-state index is -3.89. The smallest absolute Gasteiger partial charge is 0.335 e. The van der Waals surface area contributed by atoms with Crippen LogP contribution in [0.15, 0.2) is 35.2 Å². The lowest BCUT2D eigenvalue weighted by Gasteiger charge is -2.36. The van der Waals surface area contributed by atoms with Gasteiger partial charge in [-0.2, -0.15) is 0 Å². The SMILES string of the molecule is CCN1CCN(c2ccc(C(=O)O)cc2NS(=O)(=O)c2c(C)cc(C)cc2C)CC1. The van der Waals surface area contributed by atoms with E-state index in [2.05, 4.69) is 21.4 Å². The van der Waals surface area contributed by atoms with Gasteiger partial charge in [-0.25, -0.2) is 13.2 Å². The Morgan fingerprint density at radius 2 is 1.63 bits per heavy atom. The number of nitrogens with zero attached hydrogens (tertiary/aromatic N) is 2. The number of carbonyl (C=O) groups is 1. The van der Waals surface area contributed by atoms with Gasteiger partial charge in [-0.1, -0.05) is 24.6 Å². The lowest BCUT2D eigenvalue weighted by Crippen LogP contribution is -2.46. The molecule has 0 amide bonds. The third-order valence-corrected chi connectivity index (χ3v) is 7.19. The van der Waals surface area contributed by atoms with Crippen molar-refractivity contribution in [3.05, 3.63) is 52.6 Å². The number of aryl methyl sites for hydroxylation is 3. The van der Waals surface area contributed by atoms with Crippen molar-refractivity contribution in [1.29, 1.82) is 0 Å². The lowest BCUT2D eigenvalue weighted by molar-refractivity contribution is 0.0697. The number of piperazine rings is 1. The highest BCUT2D eigenvalue weighted by atomic mass is 32.2. The van der Waals surface area contributed by atoms with E-state index < -0.39 is 16.0 Å². The van der Waals surface area contributed by atoms with Crippen molar-refractivity contribution in [3.63, 3.8) is 0 Å². The van der Waals surface area contributed by atoms with Gasteiger partial charge in [0.05, 0.1) is 21.8 Å². The molecule has 0 atom stereocenters. The van der Waals surface area contributed by atoms with Gasteiger partial charge in [0, 0.05) is 26.2 Å². The lowest BCUT2D eigenvalue weighted by atomic mass is 10.1. The van der Waals surface area contributed by atoms with E-state index in [9.17, 15) is 18.3 Å². The first-order valence-corrected chi connectivity index (χ1v) is 11.6. The predicted octanol–water partition coefficient (Wildman–Crippen LogP) is 3.25. The standard InChI is InChI=1S/C22H29N3O4S/c1-5-24-8-10-25(11-9-24)20-7-6-18(22(26)27)14-19(20)23-30(28,29)21-16(3)12-15(2)13-17(21)4/h6-7,12-14,23H,5,8-11H2,1-4H3,(H,26,27). The molecule has 1 saturated heterocycles. The van der Waals surface area contributed by atoms with Crippen LogP contribution in [0.25, 0.3) is 0 Å². The molecule has 0 bridgehead atoms. The van der Waals surface area contributed by atoms with Crippen molar-refractivity contribution >= 4 is 27.4 Å². The maximum atomic E-state index is 13.3.